The number of hydrogen-bond donors (Lipinski definition) is 1. The highest BCUT2D eigenvalue weighted by Crippen LogP contribution is 2.31. The van der Waals surface area contributed by atoms with Crippen molar-refractivity contribution < 1.29 is 4.39 Å². The van der Waals surface area contributed by atoms with Crippen LogP contribution in [0.3, 0.4) is 0 Å². The summed E-state index contributed by atoms with van der Waals surface area (Å²) in [6, 6.07) is 22.8. The van der Waals surface area contributed by atoms with Gasteiger partial charge >= 0.3 is 0 Å². The minimum absolute atomic E-state index is 0.188. The van der Waals surface area contributed by atoms with Crippen LogP contribution in [0.2, 0.25) is 0 Å². The van der Waals surface area contributed by atoms with Gasteiger partial charge in [0, 0.05) is 17.6 Å². The maximum atomic E-state index is 14.1. The number of hydrogen-bond acceptors (Lipinski definition) is 4. The van der Waals surface area contributed by atoms with E-state index in [1.807, 2.05) is 61.5 Å². The van der Waals surface area contributed by atoms with Crippen LogP contribution in [-0.4, -0.2) is 14.5 Å². The molecule has 0 radical (unpaired) electrons. The van der Waals surface area contributed by atoms with Gasteiger partial charge in [-0.1, -0.05) is 48.5 Å². The quantitative estimate of drug-likeness (QED) is 0.290. The molecular formula is C29H22FN5O. The molecule has 5 rings (SSSR count). The van der Waals surface area contributed by atoms with E-state index in [2.05, 4.69) is 20.1 Å². The Morgan fingerprint density at radius 2 is 1.78 bits per heavy atom. The summed E-state index contributed by atoms with van der Waals surface area (Å²) in [5, 5.41) is 4.62. The Balaban J connectivity index is 1.74. The fourth-order valence-electron chi connectivity index (χ4n) is 4.34. The number of aryl methyl sites for hydroxylation is 1. The molecule has 6 nitrogen and oxygen atoms in total. The topological polar surface area (TPSA) is 64.2 Å². The summed E-state index contributed by atoms with van der Waals surface area (Å²) in [7, 11) is 0. The summed E-state index contributed by atoms with van der Waals surface area (Å²) in [5.41, 5.74) is 3.03. The number of para-hydroxylation sites is 1. The fraction of sp³-hybridized carbons (Fsp3) is 0.103. The van der Waals surface area contributed by atoms with Gasteiger partial charge in [-0.25, -0.2) is 14.2 Å². The zero-order valence-corrected chi connectivity index (χ0v) is 19.7. The first-order valence-corrected chi connectivity index (χ1v) is 11.4. The van der Waals surface area contributed by atoms with Crippen LogP contribution in [-0.2, 0) is 0 Å². The van der Waals surface area contributed by atoms with E-state index in [4.69, 9.17) is 6.57 Å². The number of benzene rings is 3. The zero-order chi connectivity index (χ0) is 25.2. The van der Waals surface area contributed by atoms with Crippen molar-refractivity contribution >= 4 is 22.3 Å². The number of pyridine rings is 1. The van der Waals surface area contributed by atoms with Crippen LogP contribution in [0.25, 0.3) is 32.4 Å². The van der Waals surface area contributed by atoms with Crippen molar-refractivity contribution in [1.29, 1.82) is 0 Å². The molecule has 0 amide bonds. The minimum Gasteiger partial charge on any atom is -0.371 e. The van der Waals surface area contributed by atoms with Crippen molar-refractivity contribution in [1.82, 2.24) is 14.5 Å². The van der Waals surface area contributed by atoms with Crippen LogP contribution < -0.4 is 10.9 Å². The Kier molecular flexibility index (Phi) is 6.01. The molecule has 3 aromatic carbocycles. The lowest BCUT2D eigenvalue weighted by atomic mass is 9.98. The van der Waals surface area contributed by atoms with Gasteiger partial charge in [0.25, 0.3) is 5.56 Å². The van der Waals surface area contributed by atoms with Gasteiger partial charge in [0.1, 0.15) is 17.5 Å². The smallest absolute Gasteiger partial charge is 0.263 e. The van der Waals surface area contributed by atoms with Gasteiger partial charge in [0.15, 0.2) is 0 Å². The van der Waals surface area contributed by atoms with Gasteiger partial charge in [0.05, 0.1) is 18.0 Å². The number of fused-ring (bicyclic) bond motifs is 1. The molecule has 0 spiro atoms. The highest BCUT2D eigenvalue weighted by molar-refractivity contribution is 5.96. The second-order valence-electron chi connectivity index (χ2n) is 8.45. The van der Waals surface area contributed by atoms with Crippen molar-refractivity contribution in [2.24, 2.45) is 0 Å². The molecule has 0 saturated heterocycles. The largest absolute Gasteiger partial charge is 0.371 e. The summed E-state index contributed by atoms with van der Waals surface area (Å²) >= 11 is 0. The Hall–Kier alpha value is -4.83. The molecular weight excluding hydrogens is 453 g/mol. The van der Waals surface area contributed by atoms with E-state index >= 15 is 0 Å². The molecule has 0 aliphatic carbocycles. The molecule has 2 aromatic heterocycles. The van der Waals surface area contributed by atoms with E-state index in [9.17, 15) is 9.18 Å². The van der Waals surface area contributed by atoms with E-state index < -0.39 is 0 Å². The van der Waals surface area contributed by atoms with Gasteiger partial charge in [-0.2, -0.15) is 0 Å². The van der Waals surface area contributed by atoms with Gasteiger partial charge in [-0.15, -0.1) is 0 Å². The molecule has 5 aromatic rings. The van der Waals surface area contributed by atoms with Crippen molar-refractivity contribution in [3.8, 4) is 16.8 Å². The average Bonchev–Trinajstić information content (AvgIpc) is 2.89. The molecule has 176 valence electrons. The Morgan fingerprint density at radius 3 is 2.50 bits per heavy atom. The highest BCUT2D eigenvalue weighted by Gasteiger charge is 2.20. The lowest BCUT2D eigenvalue weighted by molar-refractivity contribution is 0.628. The van der Waals surface area contributed by atoms with E-state index in [0.29, 0.717) is 34.1 Å². The molecule has 0 aliphatic heterocycles. The van der Waals surface area contributed by atoms with E-state index in [1.165, 1.54) is 18.3 Å². The second-order valence-corrected chi connectivity index (χ2v) is 8.45. The van der Waals surface area contributed by atoms with Gasteiger partial charge in [0.2, 0.25) is 5.69 Å². The molecule has 36 heavy (non-hydrogen) atoms. The van der Waals surface area contributed by atoms with Crippen LogP contribution >= 0.6 is 0 Å². The van der Waals surface area contributed by atoms with Crippen molar-refractivity contribution in [3.05, 3.63) is 124 Å². The summed E-state index contributed by atoms with van der Waals surface area (Å²) in [6.07, 6.45) is 1.49. The van der Waals surface area contributed by atoms with Crippen LogP contribution in [0.5, 0.6) is 0 Å². The monoisotopic (exact) mass is 475 g/mol. The molecule has 0 saturated carbocycles. The molecule has 1 N–H and O–H groups in total. The van der Waals surface area contributed by atoms with Crippen LogP contribution in [0.1, 0.15) is 24.5 Å². The fourth-order valence-corrected chi connectivity index (χ4v) is 4.34. The third kappa shape index (κ3) is 4.21. The average molecular weight is 476 g/mol. The van der Waals surface area contributed by atoms with Gasteiger partial charge in [-0.3, -0.25) is 14.3 Å². The number of halogens is 1. The molecule has 0 aliphatic rings. The van der Waals surface area contributed by atoms with Gasteiger partial charge < -0.3 is 5.32 Å². The van der Waals surface area contributed by atoms with Crippen LogP contribution in [0, 0.1) is 19.3 Å². The molecule has 0 bridgehead atoms. The summed E-state index contributed by atoms with van der Waals surface area (Å²) in [5.74, 6) is 0.624. The van der Waals surface area contributed by atoms with Crippen molar-refractivity contribution in [2.45, 2.75) is 19.9 Å². The first-order chi connectivity index (χ1) is 17.5. The molecule has 2 heterocycles. The predicted octanol–water partition coefficient (Wildman–Crippen LogP) is 6.62. The third-order valence-corrected chi connectivity index (χ3v) is 6.05. The predicted molar refractivity (Wildman–Crippen MR) is 140 cm³/mol. The molecule has 0 unspecified atom stereocenters. The standard InChI is InChI=1S/C29H22FN5O/c1-18(33-28-25(31-3)17-32-19(2)34-28)26-16-21-8-7-11-24(20-12-14-22(30)15-13-20)27(21)29(36)35(26)23-9-5-4-6-10-23/h4-18H,1-2H3,(H,32,33,34)/t18-/m0/s1. The van der Waals surface area contributed by atoms with Crippen LogP contribution in [0.15, 0.2) is 89.9 Å². The normalized spacial score (nSPS) is 11.7. The van der Waals surface area contributed by atoms with E-state index in [-0.39, 0.29) is 17.4 Å². The highest BCUT2D eigenvalue weighted by atomic mass is 19.1. The lowest BCUT2D eigenvalue weighted by Gasteiger charge is -2.22. The zero-order valence-electron chi connectivity index (χ0n) is 19.7. The minimum atomic E-state index is -0.369. The van der Waals surface area contributed by atoms with Gasteiger partial charge in [-0.05, 0) is 60.7 Å². The number of anilines is 1. The SMILES string of the molecule is [C-]#[N+]c1cnc(C)nc1N[C@@H](C)c1cc2cccc(-c3ccc(F)cc3)c2c(=O)n1-c1ccccc1. The molecule has 1 atom stereocenters. The van der Waals surface area contributed by atoms with Crippen molar-refractivity contribution in [3.63, 3.8) is 0 Å². The summed E-state index contributed by atoms with van der Waals surface area (Å²) in [6.45, 7) is 11.2. The number of rotatable bonds is 5. The number of aromatic nitrogens is 3. The Labute approximate surface area is 207 Å². The lowest BCUT2D eigenvalue weighted by Crippen LogP contribution is -2.26. The third-order valence-electron chi connectivity index (χ3n) is 6.05. The van der Waals surface area contributed by atoms with E-state index in [1.54, 1.807) is 23.6 Å². The number of nitrogens with zero attached hydrogens (tertiary/aromatic N) is 4. The van der Waals surface area contributed by atoms with Crippen molar-refractivity contribution in [2.75, 3.05) is 5.32 Å². The van der Waals surface area contributed by atoms with E-state index in [0.717, 1.165) is 16.5 Å². The number of nitrogens with one attached hydrogen (secondary N) is 1. The summed E-state index contributed by atoms with van der Waals surface area (Å²) in [4.78, 5) is 26.2. The maximum absolute atomic E-state index is 14.1. The second kappa shape index (κ2) is 9.43. The maximum Gasteiger partial charge on any atom is 0.263 e. The Morgan fingerprint density at radius 1 is 1.03 bits per heavy atom. The van der Waals surface area contributed by atoms with Crippen LogP contribution in [0.4, 0.5) is 15.9 Å². The summed E-state index contributed by atoms with van der Waals surface area (Å²) < 4.78 is 15.3. The molecule has 0 fully saturated rings. The molecule has 7 heteroatoms. The Bertz CT molecular complexity index is 1670. The first kappa shape index (κ1) is 22.9. The first-order valence-electron chi connectivity index (χ1n) is 11.4.